The SMILES string of the molecule is c1cnn(-c2ccc(CN3CCC[C@@H]3c3ccc4c(c3)OCCO4)cc2)c1. The maximum absolute atomic E-state index is 5.77. The van der Waals surface area contributed by atoms with E-state index >= 15 is 0 Å². The quantitative estimate of drug-likeness (QED) is 0.705. The zero-order valence-electron chi connectivity index (χ0n) is 15.3. The minimum atomic E-state index is 0.437. The van der Waals surface area contributed by atoms with Crippen LogP contribution in [0.4, 0.5) is 0 Å². The fourth-order valence-corrected chi connectivity index (χ4v) is 4.07. The molecule has 0 spiro atoms. The van der Waals surface area contributed by atoms with Gasteiger partial charge in [0, 0.05) is 25.0 Å². The summed E-state index contributed by atoms with van der Waals surface area (Å²) in [5.74, 6) is 1.75. The van der Waals surface area contributed by atoms with E-state index in [1.807, 2.05) is 16.9 Å². The largest absolute Gasteiger partial charge is 0.486 e. The van der Waals surface area contributed by atoms with E-state index in [-0.39, 0.29) is 0 Å². The normalized spacial score (nSPS) is 19.3. The van der Waals surface area contributed by atoms with Crippen LogP contribution in [0.2, 0.25) is 0 Å². The summed E-state index contributed by atoms with van der Waals surface area (Å²) in [5, 5.41) is 4.29. The van der Waals surface area contributed by atoms with Gasteiger partial charge in [-0.25, -0.2) is 4.68 Å². The minimum absolute atomic E-state index is 0.437. The van der Waals surface area contributed by atoms with Gasteiger partial charge in [-0.1, -0.05) is 18.2 Å². The number of likely N-dealkylation sites (tertiary alicyclic amines) is 1. The molecule has 0 aliphatic carbocycles. The molecule has 27 heavy (non-hydrogen) atoms. The Kier molecular flexibility index (Phi) is 4.30. The predicted molar refractivity (Wildman–Crippen MR) is 103 cm³/mol. The van der Waals surface area contributed by atoms with Crippen molar-refractivity contribution in [3.8, 4) is 17.2 Å². The van der Waals surface area contributed by atoms with Crippen molar-refractivity contribution < 1.29 is 9.47 Å². The summed E-state index contributed by atoms with van der Waals surface area (Å²) in [6.45, 7) is 3.35. The van der Waals surface area contributed by atoms with Gasteiger partial charge >= 0.3 is 0 Å². The molecule has 1 atom stereocenters. The van der Waals surface area contributed by atoms with Crippen molar-refractivity contribution in [3.63, 3.8) is 0 Å². The molecule has 0 saturated carbocycles. The maximum Gasteiger partial charge on any atom is 0.161 e. The van der Waals surface area contributed by atoms with E-state index in [2.05, 4.69) is 52.5 Å². The molecule has 1 fully saturated rings. The molecule has 0 unspecified atom stereocenters. The molecule has 3 aromatic rings. The van der Waals surface area contributed by atoms with Crippen LogP contribution in [-0.2, 0) is 6.54 Å². The topological polar surface area (TPSA) is 39.5 Å². The second-order valence-corrected chi connectivity index (χ2v) is 7.15. The third kappa shape index (κ3) is 3.30. The van der Waals surface area contributed by atoms with Gasteiger partial charge in [0.2, 0.25) is 0 Å². The van der Waals surface area contributed by atoms with Gasteiger partial charge in [0.05, 0.1) is 5.69 Å². The lowest BCUT2D eigenvalue weighted by Gasteiger charge is -2.26. The van der Waals surface area contributed by atoms with Crippen LogP contribution in [0.15, 0.2) is 60.9 Å². The minimum Gasteiger partial charge on any atom is -0.486 e. The Labute approximate surface area is 159 Å². The van der Waals surface area contributed by atoms with Crippen molar-refractivity contribution in [2.45, 2.75) is 25.4 Å². The van der Waals surface area contributed by atoms with E-state index in [0.717, 1.165) is 30.3 Å². The molecule has 138 valence electrons. The van der Waals surface area contributed by atoms with Gasteiger partial charge in [0.1, 0.15) is 13.2 Å². The van der Waals surface area contributed by atoms with Crippen molar-refractivity contribution in [3.05, 3.63) is 72.1 Å². The molecule has 0 radical (unpaired) electrons. The van der Waals surface area contributed by atoms with Crippen LogP contribution in [0, 0.1) is 0 Å². The lowest BCUT2D eigenvalue weighted by molar-refractivity contribution is 0.170. The highest BCUT2D eigenvalue weighted by atomic mass is 16.6. The Balaban J connectivity index is 1.33. The molecule has 5 heteroatoms. The summed E-state index contributed by atoms with van der Waals surface area (Å²) in [6.07, 6.45) is 6.18. The molecular formula is C22H23N3O2. The first-order valence-electron chi connectivity index (χ1n) is 9.59. The molecule has 5 rings (SSSR count). The number of benzene rings is 2. The van der Waals surface area contributed by atoms with Crippen LogP contribution in [0.25, 0.3) is 5.69 Å². The zero-order chi connectivity index (χ0) is 18.1. The Morgan fingerprint density at radius 1 is 1.00 bits per heavy atom. The summed E-state index contributed by atoms with van der Waals surface area (Å²) < 4.78 is 13.3. The lowest BCUT2D eigenvalue weighted by atomic mass is 10.0. The average molecular weight is 361 g/mol. The Bertz CT molecular complexity index is 906. The lowest BCUT2D eigenvalue weighted by Crippen LogP contribution is -2.23. The molecule has 2 aromatic carbocycles. The summed E-state index contributed by atoms with van der Waals surface area (Å²) in [7, 11) is 0. The predicted octanol–water partition coefficient (Wildman–Crippen LogP) is 3.98. The number of ether oxygens (including phenoxy) is 2. The first-order chi connectivity index (χ1) is 13.4. The third-order valence-corrected chi connectivity index (χ3v) is 5.41. The van der Waals surface area contributed by atoms with Gasteiger partial charge in [0.25, 0.3) is 0 Å². The number of rotatable bonds is 4. The first kappa shape index (κ1) is 16.4. The van der Waals surface area contributed by atoms with Gasteiger partial charge < -0.3 is 9.47 Å². The highest BCUT2D eigenvalue weighted by Crippen LogP contribution is 2.38. The molecule has 3 heterocycles. The molecule has 0 bridgehead atoms. The molecule has 0 amide bonds. The number of hydrogen-bond acceptors (Lipinski definition) is 4. The first-order valence-corrected chi connectivity index (χ1v) is 9.59. The monoisotopic (exact) mass is 361 g/mol. The van der Waals surface area contributed by atoms with E-state index in [1.165, 1.54) is 24.0 Å². The van der Waals surface area contributed by atoms with Crippen molar-refractivity contribution >= 4 is 0 Å². The van der Waals surface area contributed by atoms with Crippen molar-refractivity contribution in [1.82, 2.24) is 14.7 Å². The van der Waals surface area contributed by atoms with Crippen molar-refractivity contribution in [1.29, 1.82) is 0 Å². The Morgan fingerprint density at radius 2 is 1.85 bits per heavy atom. The van der Waals surface area contributed by atoms with Gasteiger partial charge in [-0.05, 0) is 60.8 Å². The second kappa shape index (κ2) is 7.08. The van der Waals surface area contributed by atoms with Gasteiger partial charge in [-0.3, -0.25) is 4.90 Å². The van der Waals surface area contributed by atoms with E-state index in [9.17, 15) is 0 Å². The van der Waals surface area contributed by atoms with Crippen LogP contribution < -0.4 is 9.47 Å². The fourth-order valence-electron chi connectivity index (χ4n) is 4.07. The standard InChI is InChI=1S/C22H23N3O2/c1-3-20(18-6-9-21-22(15-18)27-14-13-26-21)24(11-1)16-17-4-7-19(8-5-17)25-12-2-10-23-25/h2,4-10,12,15,20H,1,3,11,13-14,16H2/t20-/m1/s1. The van der Waals surface area contributed by atoms with Crippen LogP contribution in [0.1, 0.15) is 30.0 Å². The van der Waals surface area contributed by atoms with E-state index in [4.69, 9.17) is 9.47 Å². The van der Waals surface area contributed by atoms with Crippen LogP contribution in [-0.4, -0.2) is 34.4 Å². The fraction of sp³-hybridized carbons (Fsp3) is 0.318. The van der Waals surface area contributed by atoms with Crippen LogP contribution in [0.3, 0.4) is 0 Å². The number of nitrogens with zero attached hydrogens (tertiary/aromatic N) is 3. The Hall–Kier alpha value is -2.79. The van der Waals surface area contributed by atoms with E-state index in [0.29, 0.717) is 19.3 Å². The number of fused-ring (bicyclic) bond motifs is 1. The Morgan fingerprint density at radius 3 is 2.67 bits per heavy atom. The zero-order valence-corrected chi connectivity index (χ0v) is 15.3. The molecule has 1 saturated heterocycles. The average Bonchev–Trinajstić information content (AvgIpc) is 3.40. The summed E-state index contributed by atoms with van der Waals surface area (Å²) in [5.41, 5.74) is 3.74. The smallest absolute Gasteiger partial charge is 0.161 e. The highest BCUT2D eigenvalue weighted by molar-refractivity contribution is 5.45. The van der Waals surface area contributed by atoms with Crippen LogP contribution in [0.5, 0.6) is 11.5 Å². The summed E-state index contributed by atoms with van der Waals surface area (Å²) in [6, 6.07) is 17.5. The molecule has 2 aliphatic heterocycles. The number of hydrogen-bond donors (Lipinski definition) is 0. The van der Waals surface area contributed by atoms with E-state index in [1.54, 1.807) is 6.20 Å². The molecule has 0 N–H and O–H groups in total. The maximum atomic E-state index is 5.77. The molecule has 2 aliphatic rings. The number of aromatic nitrogens is 2. The summed E-state index contributed by atoms with van der Waals surface area (Å²) >= 11 is 0. The second-order valence-electron chi connectivity index (χ2n) is 7.15. The highest BCUT2D eigenvalue weighted by Gasteiger charge is 2.27. The molecule has 5 nitrogen and oxygen atoms in total. The van der Waals surface area contributed by atoms with Gasteiger partial charge in [-0.2, -0.15) is 5.10 Å². The molecule has 1 aromatic heterocycles. The van der Waals surface area contributed by atoms with Crippen LogP contribution >= 0.6 is 0 Å². The van der Waals surface area contributed by atoms with Gasteiger partial charge in [-0.15, -0.1) is 0 Å². The van der Waals surface area contributed by atoms with Crippen molar-refractivity contribution in [2.75, 3.05) is 19.8 Å². The molecular weight excluding hydrogens is 338 g/mol. The summed E-state index contributed by atoms with van der Waals surface area (Å²) in [4.78, 5) is 2.56. The third-order valence-electron chi connectivity index (χ3n) is 5.41. The van der Waals surface area contributed by atoms with E-state index < -0.39 is 0 Å². The van der Waals surface area contributed by atoms with Gasteiger partial charge in [0.15, 0.2) is 11.5 Å². The van der Waals surface area contributed by atoms with Crippen molar-refractivity contribution in [2.24, 2.45) is 0 Å².